The van der Waals surface area contributed by atoms with E-state index in [0.717, 1.165) is 5.57 Å². The molecular formula is C8H6NO. The van der Waals surface area contributed by atoms with E-state index in [4.69, 9.17) is 4.84 Å². The summed E-state index contributed by atoms with van der Waals surface area (Å²) in [4.78, 5) is 4.71. The molecule has 1 heterocycles. The fourth-order valence-corrected chi connectivity index (χ4v) is 0.961. The summed E-state index contributed by atoms with van der Waals surface area (Å²) in [6, 6.07) is 0. The predicted molar refractivity (Wildman–Crippen MR) is 38.4 cm³/mol. The topological polar surface area (TPSA) is 21.6 Å². The highest BCUT2D eigenvalue weighted by atomic mass is 16.6. The van der Waals surface area contributed by atoms with Crippen molar-refractivity contribution in [3.63, 3.8) is 0 Å². The van der Waals surface area contributed by atoms with Gasteiger partial charge in [-0.05, 0) is 0 Å². The van der Waals surface area contributed by atoms with Gasteiger partial charge in [0.15, 0.2) is 0 Å². The quantitative estimate of drug-likeness (QED) is 0.489. The Labute approximate surface area is 59.2 Å². The summed E-state index contributed by atoms with van der Waals surface area (Å²) >= 11 is 0. The third-order valence-corrected chi connectivity index (χ3v) is 1.50. The Hall–Kier alpha value is -1.31. The Morgan fingerprint density at radius 1 is 1.50 bits per heavy atom. The van der Waals surface area contributed by atoms with Crippen molar-refractivity contribution in [3.05, 3.63) is 36.1 Å². The number of rotatable bonds is 0. The molecule has 1 radical (unpaired) electrons. The Balaban J connectivity index is 2.33. The SMILES string of the molecule is [C]1=NOC=C2C=CC=CC12. The van der Waals surface area contributed by atoms with Crippen LogP contribution < -0.4 is 0 Å². The minimum absolute atomic E-state index is 0.207. The van der Waals surface area contributed by atoms with Crippen molar-refractivity contribution in [2.45, 2.75) is 0 Å². The maximum Gasteiger partial charge on any atom is 0.126 e. The van der Waals surface area contributed by atoms with Crippen molar-refractivity contribution in [1.82, 2.24) is 0 Å². The number of nitrogens with zero attached hydrogens (tertiary/aromatic N) is 1. The van der Waals surface area contributed by atoms with Crippen LogP contribution in [-0.2, 0) is 4.84 Å². The molecule has 10 heavy (non-hydrogen) atoms. The lowest BCUT2D eigenvalue weighted by Gasteiger charge is -2.12. The summed E-state index contributed by atoms with van der Waals surface area (Å²) in [6.45, 7) is 0. The van der Waals surface area contributed by atoms with E-state index in [1.54, 1.807) is 6.26 Å². The van der Waals surface area contributed by atoms with Crippen LogP contribution in [0.1, 0.15) is 0 Å². The number of hydrogen-bond donors (Lipinski definition) is 0. The third-order valence-electron chi connectivity index (χ3n) is 1.50. The summed E-state index contributed by atoms with van der Waals surface area (Å²) < 4.78 is 0. The lowest BCUT2D eigenvalue weighted by molar-refractivity contribution is 0.259. The molecule has 0 aromatic heterocycles. The molecule has 0 fully saturated rings. The molecule has 0 aromatic carbocycles. The summed E-state index contributed by atoms with van der Waals surface area (Å²) in [6.07, 6.45) is 12.4. The zero-order valence-electron chi connectivity index (χ0n) is 5.32. The molecule has 0 N–H and O–H groups in total. The second-order valence-corrected chi connectivity index (χ2v) is 2.17. The maximum absolute atomic E-state index is 4.71. The highest BCUT2D eigenvalue weighted by molar-refractivity contribution is 5.70. The maximum atomic E-state index is 4.71. The van der Waals surface area contributed by atoms with E-state index >= 15 is 0 Å². The Kier molecular flexibility index (Phi) is 1.17. The van der Waals surface area contributed by atoms with E-state index in [1.807, 2.05) is 24.3 Å². The number of fused-ring (bicyclic) bond motifs is 1. The molecule has 49 valence electrons. The van der Waals surface area contributed by atoms with Crippen LogP contribution >= 0.6 is 0 Å². The van der Waals surface area contributed by atoms with Crippen LogP contribution in [0.25, 0.3) is 0 Å². The van der Waals surface area contributed by atoms with Gasteiger partial charge in [-0.2, -0.15) is 0 Å². The van der Waals surface area contributed by atoms with E-state index < -0.39 is 0 Å². The van der Waals surface area contributed by atoms with Crippen LogP contribution in [0.4, 0.5) is 0 Å². The first-order chi connectivity index (χ1) is 4.97. The third kappa shape index (κ3) is 0.778. The van der Waals surface area contributed by atoms with Crippen molar-refractivity contribution in [3.8, 4) is 0 Å². The molecule has 0 saturated heterocycles. The van der Waals surface area contributed by atoms with Crippen molar-refractivity contribution in [2.24, 2.45) is 11.1 Å². The van der Waals surface area contributed by atoms with E-state index in [-0.39, 0.29) is 5.92 Å². The van der Waals surface area contributed by atoms with Crippen molar-refractivity contribution in [2.75, 3.05) is 0 Å². The molecule has 1 aliphatic carbocycles. The van der Waals surface area contributed by atoms with Gasteiger partial charge in [0.05, 0.1) is 5.92 Å². The summed E-state index contributed by atoms with van der Waals surface area (Å²) in [7, 11) is 0. The molecule has 0 amide bonds. The van der Waals surface area contributed by atoms with Gasteiger partial charge < -0.3 is 4.84 Å². The van der Waals surface area contributed by atoms with Crippen molar-refractivity contribution < 1.29 is 4.84 Å². The van der Waals surface area contributed by atoms with Gasteiger partial charge >= 0.3 is 0 Å². The van der Waals surface area contributed by atoms with Gasteiger partial charge in [-0.25, -0.2) is 0 Å². The van der Waals surface area contributed by atoms with E-state index in [0.29, 0.717) is 0 Å². The van der Waals surface area contributed by atoms with Crippen LogP contribution in [0.15, 0.2) is 41.3 Å². The first-order valence-corrected chi connectivity index (χ1v) is 3.13. The zero-order valence-corrected chi connectivity index (χ0v) is 5.32. The van der Waals surface area contributed by atoms with Gasteiger partial charge in [-0.3, -0.25) is 0 Å². The van der Waals surface area contributed by atoms with E-state index in [2.05, 4.69) is 11.4 Å². The van der Waals surface area contributed by atoms with Gasteiger partial charge in [0.1, 0.15) is 12.5 Å². The Bertz CT molecular complexity index is 248. The normalized spacial score (nSPS) is 27.2. The second kappa shape index (κ2) is 2.14. The molecule has 2 rings (SSSR count). The summed E-state index contributed by atoms with van der Waals surface area (Å²) in [5.74, 6) is 0.207. The highest BCUT2D eigenvalue weighted by Crippen LogP contribution is 2.19. The number of allylic oxidation sites excluding steroid dienone is 5. The van der Waals surface area contributed by atoms with Crippen LogP contribution in [-0.4, -0.2) is 6.21 Å². The molecule has 0 aromatic rings. The molecule has 0 bridgehead atoms. The molecule has 2 heteroatoms. The van der Waals surface area contributed by atoms with Crippen LogP contribution in [0.2, 0.25) is 0 Å². The monoisotopic (exact) mass is 132 g/mol. The molecule has 2 aliphatic rings. The number of hydrogen-bond acceptors (Lipinski definition) is 2. The second-order valence-electron chi connectivity index (χ2n) is 2.17. The fourth-order valence-electron chi connectivity index (χ4n) is 0.961. The molecule has 1 aliphatic heterocycles. The van der Waals surface area contributed by atoms with Crippen molar-refractivity contribution >= 4 is 6.21 Å². The average molecular weight is 132 g/mol. The molecular weight excluding hydrogens is 126 g/mol. The largest absolute Gasteiger partial charge is 0.364 e. The molecule has 2 nitrogen and oxygen atoms in total. The highest BCUT2D eigenvalue weighted by Gasteiger charge is 2.12. The zero-order chi connectivity index (χ0) is 6.81. The van der Waals surface area contributed by atoms with Gasteiger partial charge in [-0.1, -0.05) is 29.5 Å². The molecule has 0 spiro atoms. The van der Waals surface area contributed by atoms with Crippen molar-refractivity contribution in [1.29, 1.82) is 0 Å². The summed E-state index contributed by atoms with van der Waals surface area (Å²) in [5, 5.41) is 3.55. The predicted octanol–water partition coefficient (Wildman–Crippen LogP) is 1.51. The first-order valence-electron chi connectivity index (χ1n) is 3.13. The molecule has 0 saturated carbocycles. The lowest BCUT2D eigenvalue weighted by Crippen LogP contribution is -2.06. The Morgan fingerprint density at radius 3 is 3.40 bits per heavy atom. The van der Waals surface area contributed by atoms with Gasteiger partial charge in [0.25, 0.3) is 0 Å². The van der Waals surface area contributed by atoms with Gasteiger partial charge in [0.2, 0.25) is 0 Å². The minimum Gasteiger partial charge on any atom is -0.364 e. The first kappa shape index (κ1) is 5.47. The van der Waals surface area contributed by atoms with E-state index in [9.17, 15) is 0 Å². The minimum atomic E-state index is 0.207. The van der Waals surface area contributed by atoms with Crippen LogP contribution in [0.3, 0.4) is 0 Å². The molecule has 1 atom stereocenters. The average Bonchev–Trinajstić information content (AvgIpc) is 2.05. The van der Waals surface area contributed by atoms with Gasteiger partial charge in [0, 0.05) is 5.57 Å². The standard InChI is InChI=1S/C8H6NO/c1-2-4-8-6-10-9-5-7(8)3-1/h1-4,6-7H. The smallest absolute Gasteiger partial charge is 0.126 e. The van der Waals surface area contributed by atoms with E-state index in [1.165, 1.54) is 0 Å². The molecule has 1 unspecified atom stereocenters. The fraction of sp³-hybridized carbons (Fsp3) is 0.125. The summed E-state index contributed by atoms with van der Waals surface area (Å²) in [5.41, 5.74) is 1.11. The van der Waals surface area contributed by atoms with Crippen LogP contribution in [0, 0.1) is 5.92 Å². The lowest BCUT2D eigenvalue weighted by atomic mass is 9.97. The van der Waals surface area contributed by atoms with Gasteiger partial charge in [-0.15, -0.1) is 0 Å². The van der Waals surface area contributed by atoms with Crippen LogP contribution in [0.5, 0.6) is 0 Å². The Morgan fingerprint density at radius 2 is 2.50 bits per heavy atom.